The smallest absolute Gasteiger partial charge is 0.254 e. The monoisotopic (exact) mass is 453 g/mol. The summed E-state index contributed by atoms with van der Waals surface area (Å²) < 4.78 is 0. The van der Waals surface area contributed by atoms with Gasteiger partial charge in [0.2, 0.25) is 0 Å². The van der Waals surface area contributed by atoms with Gasteiger partial charge >= 0.3 is 0 Å². The molecule has 2 aromatic rings. The number of piperazine rings is 1. The molecular formula is C25H35N5O3. The molecule has 2 amide bonds. The highest BCUT2D eigenvalue weighted by Crippen LogP contribution is 2.25. The molecule has 2 heterocycles. The fourth-order valence-electron chi connectivity index (χ4n) is 4.00. The Balaban J connectivity index is 1.63. The number of nitrogens with one attached hydrogen (secondary N) is 1. The molecule has 3 rings (SSSR count). The van der Waals surface area contributed by atoms with Gasteiger partial charge < -0.3 is 25.1 Å². The summed E-state index contributed by atoms with van der Waals surface area (Å²) in [5.74, 6) is 0.734. The van der Waals surface area contributed by atoms with Crippen LogP contribution in [0.25, 0.3) is 0 Å². The Morgan fingerprint density at radius 2 is 1.67 bits per heavy atom. The Labute approximate surface area is 196 Å². The summed E-state index contributed by atoms with van der Waals surface area (Å²) in [6.45, 7) is 10.8. The summed E-state index contributed by atoms with van der Waals surface area (Å²) in [7, 11) is 0. The second-order valence-corrected chi connectivity index (χ2v) is 8.85. The van der Waals surface area contributed by atoms with E-state index in [2.05, 4.69) is 29.0 Å². The van der Waals surface area contributed by atoms with E-state index in [1.807, 2.05) is 30.9 Å². The van der Waals surface area contributed by atoms with E-state index < -0.39 is 0 Å². The molecule has 1 fully saturated rings. The lowest BCUT2D eigenvalue weighted by molar-refractivity contribution is 0.0664. The van der Waals surface area contributed by atoms with Crippen LogP contribution in [0, 0.1) is 0 Å². The number of rotatable bonds is 8. The maximum atomic E-state index is 13.0. The second-order valence-electron chi connectivity index (χ2n) is 8.85. The number of aliphatic hydroxyl groups is 1. The van der Waals surface area contributed by atoms with Gasteiger partial charge in [-0.15, -0.1) is 0 Å². The van der Waals surface area contributed by atoms with Crippen molar-refractivity contribution in [2.24, 2.45) is 0 Å². The average molecular weight is 454 g/mol. The number of amides is 2. The van der Waals surface area contributed by atoms with Gasteiger partial charge in [-0.2, -0.15) is 0 Å². The Kier molecular flexibility index (Phi) is 8.27. The summed E-state index contributed by atoms with van der Waals surface area (Å²) >= 11 is 0. The molecule has 8 heteroatoms. The largest absolute Gasteiger partial charge is 0.395 e. The molecule has 2 N–H and O–H groups in total. The Hall–Kier alpha value is -3.13. The van der Waals surface area contributed by atoms with Crippen molar-refractivity contribution in [2.75, 3.05) is 49.5 Å². The molecule has 0 atom stereocenters. The normalized spacial score (nSPS) is 14.0. The summed E-state index contributed by atoms with van der Waals surface area (Å²) in [6.07, 6.45) is 1.79. The SMILES string of the molecule is CC(C)Nc1cccnc1N1CCN(C(=O)c2ccc(C(=O)N(CCO)C(C)C)cc2)CC1. The van der Waals surface area contributed by atoms with Gasteiger partial charge in [0.15, 0.2) is 5.82 Å². The first-order valence-electron chi connectivity index (χ1n) is 11.6. The molecule has 1 aliphatic rings. The van der Waals surface area contributed by atoms with E-state index >= 15 is 0 Å². The van der Waals surface area contributed by atoms with Gasteiger partial charge in [0.05, 0.1) is 12.3 Å². The zero-order chi connectivity index (χ0) is 24.0. The van der Waals surface area contributed by atoms with Gasteiger partial charge in [0.1, 0.15) is 0 Å². The molecule has 178 valence electrons. The van der Waals surface area contributed by atoms with Crippen molar-refractivity contribution in [3.05, 3.63) is 53.7 Å². The van der Waals surface area contributed by atoms with Gasteiger partial charge in [0.25, 0.3) is 11.8 Å². The third kappa shape index (κ3) is 6.01. The third-order valence-electron chi connectivity index (χ3n) is 5.70. The maximum absolute atomic E-state index is 13.0. The molecule has 1 saturated heterocycles. The maximum Gasteiger partial charge on any atom is 0.254 e. The van der Waals surface area contributed by atoms with Crippen LogP contribution < -0.4 is 10.2 Å². The first-order chi connectivity index (χ1) is 15.8. The molecule has 33 heavy (non-hydrogen) atoms. The minimum Gasteiger partial charge on any atom is -0.395 e. The van der Waals surface area contributed by atoms with Crippen LogP contribution in [-0.2, 0) is 0 Å². The van der Waals surface area contributed by atoms with Gasteiger partial charge in [-0.3, -0.25) is 9.59 Å². The minimum atomic E-state index is -0.146. The molecule has 8 nitrogen and oxygen atoms in total. The van der Waals surface area contributed by atoms with Crippen LogP contribution in [-0.4, -0.2) is 83.1 Å². The predicted molar refractivity (Wildman–Crippen MR) is 131 cm³/mol. The number of nitrogens with zero attached hydrogens (tertiary/aromatic N) is 4. The number of aliphatic hydroxyl groups excluding tert-OH is 1. The molecule has 0 spiro atoms. The molecule has 0 radical (unpaired) electrons. The fourth-order valence-corrected chi connectivity index (χ4v) is 4.00. The Morgan fingerprint density at radius 1 is 1.03 bits per heavy atom. The van der Waals surface area contributed by atoms with Crippen molar-refractivity contribution < 1.29 is 14.7 Å². The molecular weight excluding hydrogens is 418 g/mol. The summed E-state index contributed by atoms with van der Waals surface area (Å²) in [5, 5.41) is 12.7. The number of anilines is 2. The quantitative estimate of drug-likeness (QED) is 0.639. The van der Waals surface area contributed by atoms with Gasteiger partial charge in [-0.05, 0) is 64.1 Å². The van der Waals surface area contributed by atoms with E-state index in [1.165, 1.54) is 0 Å². The lowest BCUT2D eigenvalue weighted by Gasteiger charge is -2.36. The van der Waals surface area contributed by atoms with Crippen molar-refractivity contribution in [1.82, 2.24) is 14.8 Å². The van der Waals surface area contributed by atoms with Crippen LogP contribution in [0.2, 0.25) is 0 Å². The highest BCUT2D eigenvalue weighted by molar-refractivity contribution is 5.98. The molecule has 0 aliphatic carbocycles. The highest BCUT2D eigenvalue weighted by atomic mass is 16.3. The van der Waals surface area contributed by atoms with Crippen LogP contribution in [0.1, 0.15) is 48.4 Å². The minimum absolute atomic E-state index is 0.0161. The lowest BCUT2D eigenvalue weighted by atomic mass is 10.1. The highest BCUT2D eigenvalue weighted by Gasteiger charge is 2.25. The molecule has 0 bridgehead atoms. The van der Waals surface area contributed by atoms with E-state index in [0.717, 1.165) is 11.5 Å². The Morgan fingerprint density at radius 3 is 2.24 bits per heavy atom. The van der Waals surface area contributed by atoms with E-state index in [4.69, 9.17) is 0 Å². The van der Waals surface area contributed by atoms with E-state index in [0.29, 0.717) is 43.3 Å². The van der Waals surface area contributed by atoms with Crippen molar-refractivity contribution in [3.63, 3.8) is 0 Å². The third-order valence-corrected chi connectivity index (χ3v) is 5.70. The van der Waals surface area contributed by atoms with Crippen LogP contribution in [0.15, 0.2) is 42.6 Å². The number of carbonyl (C=O) groups excluding carboxylic acids is 2. The fraction of sp³-hybridized carbons (Fsp3) is 0.480. The topological polar surface area (TPSA) is 89.0 Å². The molecule has 1 aromatic heterocycles. The van der Waals surface area contributed by atoms with Gasteiger partial charge in [-0.1, -0.05) is 0 Å². The second kappa shape index (κ2) is 11.1. The number of pyridine rings is 1. The van der Waals surface area contributed by atoms with Gasteiger partial charge in [0, 0.05) is 62.1 Å². The number of hydrogen-bond donors (Lipinski definition) is 2. The van der Waals surface area contributed by atoms with Crippen molar-refractivity contribution in [2.45, 2.75) is 39.8 Å². The standard InChI is InChI=1S/C25H35N5O3/c1-18(2)27-22-6-5-11-26-23(22)28-12-14-29(15-13-28)24(32)20-7-9-21(10-8-20)25(33)30(16-17-31)19(3)4/h5-11,18-19,27,31H,12-17H2,1-4H3. The number of benzene rings is 1. The molecule has 0 saturated carbocycles. The first kappa shape index (κ1) is 24.5. The predicted octanol–water partition coefficient (Wildman–Crippen LogP) is 2.71. The number of aromatic nitrogens is 1. The lowest BCUT2D eigenvalue weighted by Crippen LogP contribution is -2.49. The first-order valence-corrected chi connectivity index (χ1v) is 11.6. The summed E-state index contributed by atoms with van der Waals surface area (Å²) in [5.41, 5.74) is 2.08. The van der Waals surface area contributed by atoms with Crippen LogP contribution in [0.5, 0.6) is 0 Å². The molecule has 0 unspecified atom stereocenters. The van der Waals surface area contributed by atoms with Crippen molar-refractivity contribution in [1.29, 1.82) is 0 Å². The van der Waals surface area contributed by atoms with Crippen LogP contribution in [0.3, 0.4) is 0 Å². The number of hydrogen-bond acceptors (Lipinski definition) is 6. The average Bonchev–Trinajstić information content (AvgIpc) is 2.82. The van der Waals surface area contributed by atoms with Crippen molar-refractivity contribution >= 4 is 23.3 Å². The van der Waals surface area contributed by atoms with E-state index in [-0.39, 0.29) is 31.0 Å². The van der Waals surface area contributed by atoms with Gasteiger partial charge in [-0.25, -0.2) is 4.98 Å². The molecule has 1 aromatic carbocycles. The van der Waals surface area contributed by atoms with Crippen molar-refractivity contribution in [3.8, 4) is 0 Å². The van der Waals surface area contributed by atoms with E-state index in [1.54, 1.807) is 35.4 Å². The number of carbonyl (C=O) groups is 2. The summed E-state index contributed by atoms with van der Waals surface area (Å²) in [4.78, 5) is 36.0. The van der Waals surface area contributed by atoms with Crippen LogP contribution in [0.4, 0.5) is 11.5 Å². The van der Waals surface area contributed by atoms with Crippen LogP contribution >= 0.6 is 0 Å². The van der Waals surface area contributed by atoms with E-state index in [9.17, 15) is 14.7 Å². The summed E-state index contributed by atoms with van der Waals surface area (Å²) in [6, 6.07) is 11.0. The molecule has 1 aliphatic heterocycles. The zero-order valence-corrected chi connectivity index (χ0v) is 20.0. The zero-order valence-electron chi connectivity index (χ0n) is 20.0. The Bertz CT molecular complexity index is 937.